The molecule has 1 aromatic rings. The SMILES string of the molecule is CCC(c1nnnn1CCC(C)C)N1CCN(C2CCCC2)CC1.Cl. The minimum Gasteiger partial charge on any atom is -0.298 e. The van der Waals surface area contributed by atoms with Gasteiger partial charge in [-0.05, 0) is 42.0 Å². The largest absolute Gasteiger partial charge is 0.298 e. The second kappa shape index (κ2) is 9.83. The molecule has 1 unspecified atom stereocenters. The van der Waals surface area contributed by atoms with Crippen molar-refractivity contribution in [1.29, 1.82) is 0 Å². The maximum Gasteiger partial charge on any atom is 0.168 e. The van der Waals surface area contributed by atoms with Crippen molar-refractivity contribution in [2.24, 2.45) is 5.92 Å². The predicted octanol–water partition coefficient (Wildman–Crippen LogP) is 3.15. The normalized spacial score (nSPS) is 21.6. The smallest absolute Gasteiger partial charge is 0.168 e. The molecule has 2 aliphatic rings. The molecule has 25 heavy (non-hydrogen) atoms. The van der Waals surface area contributed by atoms with Crippen molar-refractivity contribution in [2.45, 2.75) is 77.9 Å². The molecule has 1 atom stereocenters. The third kappa shape index (κ3) is 5.14. The number of aromatic nitrogens is 4. The molecule has 1 aliphatic carbocycles. The van der Waals surface area contributed by atoms with E-state index in [0.29, 0.717) is 12.0 Å². The maximum atomic E-state index is 4.38. The van der Waals surface area contributed by atoms with Gasteiger partial charge < -0.3 is 0 Å². The number of hydrogen-bond donors (Lipinski definition) is 0. The van der Waals surface area contributed by atoms with Crippen LogP contribution < -0.4 is 0 Å². The van der Waals surface area contributed by atoms with E-state index in [1.807, 2.05) is 4.68 Å². The minimum atomic E-state index is 0. The van der Waals surface area contributed by atoms with E-state index in [-0.39, 0.29) is 12.4 Å². The Morgan fingerprint density at radius 1 is 1.08 bits per heavy atom. The Kier molecular flexibility index (Phi) is 8.10. The van der Waals surface area contributed by atoms with Crippen LogP contribution in [0.4, 0.5) is 0 Å². The highest BCUT2D eigenvalue weighted by atomic mass is 35.5. The van der Waals surface area contributed by atoms with Crippen molar-refractivity contribution in [1.82, 2.24) is 30.0 Å². The summed E-state index contributed by atoms with van der Waals surface area (Å²) >= 11 is 0. The lowest BCUT2D eigenvalue weighted by Gasteiger charge is -2.40. The Balaban J connectivity index is 0.00000225. The number of hydrogen-bond acceptors (Lipinski definition) is 5. The molecule has 0 bridgehead atoms. The van der Waals surface area contributed by atoms with E-state index in [1.54, 1.807) is 0 Å². The Morgan fingerprint density at radius 2 is 1.76 bits per heavy atom. The molecule has 144 valence electrons. The van der Waals surface area contributed by atoms with E-state index in [1.165, 1.54) is 38.8 Å². The third-order valence-corrected chi connectivity index (χ3v) is 5.79. The first kappa shape index (κ1) is 20.6. The van der Waals surface area contributed by atoms with Gasteiger partial charge >= 0.3 is 0 Å². The monoisotopic (exact) mass is 370 g/mol. The maximum absolute atomic E-state index is 4.38. The molecule has 1 aromatic heterocycles. The van der Waals surface area contributed by atoms with Crippen molar-refractivity contribution in [2.75, 3.05) is 26.2 Å². The Morgan fingerprint density at radius 3 is 2.36 bits per heavy atom. The quantitative estimate of drug-likeness (QED) is 0.737. The predicted molar refractivity (Wildman–Crippen MR) is 103 cm³/mol. The van der Waals surface area contributed by atoms with Crippen LogP contribution in [0.3, 0.4) is 0 Å². The highest BCUT2D eigenvalue weighted by Crippen LogP contribution is 2.28. The van der Waals surface area contributed by atoms with Gasteiger partial charge in [-0.15, -0.1) is 17.5 Å². The van der Waals surface area contributed by atoms with Gasteiger partial charge in [0.1, 0.15) is 0 Å². The van der Waals surface area contributed by atoms with E-state index in [0.717, 1.165) is 44.3 Å². The average molecular weight is 371 g/mol. The van der Waals surface area contributed by atoms with Crippen LogP contribution in [0, 0.1) is 5.92 Å². The second-order valence-electron chi connectivity index (χ2n) is 7.88. The van der Waals surface area contributed by atoms with Gasteiger partial charge in [-0.25, -0.2) is 4.68 Å². The Bertz CT molecular complexity index is 492. The number of aryl methyl sites for hydroxylation is 1. The molecule has 7 heteroatoms. The molecule has 0 amide bonds. The zero-order valence-electron chi connectivity index (χ0n) is 16.1. The first-order valence-electron chi connectivity index (χ1n) is 9.93. The summed E-state index contributed by atoms with van der Waals surface area (Å²) in [7, 11) is 0. The molecule has 1 aliphatic heterocycles. The fourth-order valence-electron chi connectivity index (χ4n) is 4.28. The molecular formula is C18H35ClN6. The van der Waals surface area contributed by atoms with Gasteiger partial charge in [0.25, 0.3) is 0 Å². The topological polar surface area (TPSA) is 50.1 Å². The van der Waals surface area contributed by atoms with E-state index in [2.05, 4.69) is 46.1 Å². The van der Waals surface area contributed by atoms with Crippen LogP contribution in [0.2, 0.25) is 0 Å². The Hall–Kier alpha value is -0.720. The highest BCUT2D eigenvalue weighted by Gasteiger charge is 2.31. The second-order valence-corrected chi connectivity index (χ2v) is 7.88. The van der Waals surface area contributed by atoms with Crippen LogP contribution >= 0.6 is 12.4 Å². The summed E-state index contributed by atoms with van der Waals surface area (Å²) in [5, 5.41) is 12.6. The van der Waals surface area contributed by atoms with Crippen molar-refractivity contribution >= 4 is 12.4 Å². The first-order chi connectivity index (χ1) is 11.7. The van der Waals surface area contributed by atoms with Crippen LogP contribution in [0.25, 0.3) is 0 Å². The van der Waals surface area contributed by atoms with Gasteiger partial charge in [-0.1, -0.05) is 33.6 Å². The fraction of sp³-hybridized carbons (Fsp3) is 0.944. The highest BCUT2D eigenvalue weighted by molar-refractivity contribution is 5.85. The van der Waals surface area contributed by atoms with E-state index >= 15 is 0 Å². The molecule has 0 aromatic carbocycles. The molecule has 1 saturated heterocycles. The van der Waals surface area contributed by atoms with Crippen LogP contribution in [0.15, 0.2) is 0 Å². The average Bonchev–Trinajstić information content (AvgIpc) is 3.26. The lowest BCUT2D eigenvalue weighted by atomic mass is 10.1. The molecule has 0 spiro atoms. The molecule has 2 heterocycles. The van der Waals surface area contributed by atoms with Crippen molar-refractivity contribution in [3.8, 4) is 0 Å². The zero-order valence-corrected chi connectivity index (χ0v) is 16.9. The number of halogens is 1. The van der Waals surface area contributed by atoms with Gasteiger partial charge in [0.05, 0.1) is 6.04 Å². The van der Waals surface area contributed by atoms with Gasteiger partial charge in [0, 0.05) is 38.8 Å². The summed E-state index contributed by atoms with van der Waals surface area (Å²) in [6.45, 7) is 12.4. The zero-order chi connectivity index (χ0) is 16.9. The molecule has 6 nitrogen and oxygen atoms in total. The van der Waals surface area contributed by atoms with Crippen molar-refractivity contribution in [3.05, 3.63) is 5.82 Å². The van der Waals surface area contributed by atoms with E-state index in [9.17, 15) is 0 Å². The molecule has 0 radical (unpaired) electrons. The lowest BCUT2D eigenvalue weighted by Crippen LogP contribution is -2.50. The van der Waals surface area contributed by atoms with Crippen LogP contribution in [-0.4, -0.2) is 62.2 Å². The Labute approximate surface area is 158 Å². The summed E-state index contributed by atoms with van der Waals surface area (Å²) in [4.78, 5) is 5.32. The molecule has 0 N–H and O–H groups in total. The summed E-state index contributed by atoms with van der Waals surface area (Å²) < 4.78 is 2.04. The van der Waals surface area contributed by atoms with Gasteiger partial charge in [0.2, 0.25) is 0 Å². The van der Waals surface area contributed by atoms with Crippen molar-refractivity contribution < 1.29 is 0 Å². The molecule has 2 fully saturated rings. The third-order valence-electron chi connectivity index (χ3n) is 5.79. The van der Waals surface area contributed by atoms with Gasteiger partial charge in [-0.2, -0.15) is 0 Å². The summed E-state index contributed by atoms with van der Waals surface area (Å²) in [5.74, 6) is 1.74. The van der Waals surface area contributed by atoms with Gasteiger partial charge in [0.15, 0.2) is 5.82 Å². The lowest BCUT2D eigenvalue weighted by molar-refractivity contribution is 0.0643. The van der Waals surface area contributed by atoms with Crippen molar-refractivity contribution in [3.63, 3.8) is 0 Å². The number of nitrogens with zero attached hydrogens (tertiary/aromatic N) is 6. The van der Waals surface area contributed by atoms with Crippen LogP contribution in [0.1, 0.15) is 71.2 Å². The minimum absolute atomic E-state index is 0. The van der Waals surface area contributed by atoms with E-state index < -0.39 is 0 Å². The number of rotatable bonds is 7. The summed E-state index contributed by atoms with van der Waals surface area (Å²) in [5.41, 5.74) is 0. The summed E-state index contributed by atoms with van der Waals surface area (Å²) in [6, 6.07) is 1.21. The molecule has 1 saturated carbocycles. The van der Waals surface area contributed by atoms with Crippen LogP contribution in [0.5, 0.6) is 0 Å². The van der Waals surface area contributed by atoms with Crippen LogP contribution in [-0.2, 0) is 6.54 Å². The standard InChI is InChI=1S/C18H34N6.ClH/c1-4-17(18-19-20-21-24(18)10-9-15(2)3)23-13-11-22(12-14-23)16-7-5-6-8-16;/h15-17H,4-14H2,1-3H3;1H. The molecule has 3 rings (SSSR count). The number of piperazine rings is 1. The van der Waals surface area contributed by atoms with E-state index in [4.69, 9.17) is 0 Å². The van der Waals surface area contributed by atoms with Gasteiger partial charge in [-0.3, -0.25) is 9.80 Å². The summed E-state index contributed by atoms with van der Waals surface area (Å²) in [6.07, 6.45) is 7.87. The number of tetrazole rings is 1. The molecular weight excluding hydrogens is 336 g/mol. The first-order valence-corrected chi connectivity index (χ1v) is 9.93. The fourth-order valence-corrected chi connectivity index (χ4v) is 4.28.